The maximum absolute atomic E-state index is 3.21. The van der Waals surface area contributed by atoms with E-state index in [4.69, 9.17) is 0 Å². The van der Waals surface area contributed by atoms with E-state index in [-0.39, 0.29) is 35.6 Å². The molecule has 0 radical (unpaired) electrons. The van der Waals surface area contributed by atoms with Gasteiger partial charge in [-0.3, -0.25) is 15.5 Å². The van der Waals surface area contributed by atoms with E-state index in [0.717, 1.165) is 12.8 Å². The van der Waals surface area contributed by atoms with Crippen LogP contribution < -0.4 is 0 Å². The summed E-state index contributed by atoms with van der Waals surface area (Å²) < 4.78 is 0. The first-order chi connectivity index (χ1) is 3.43. The third-order valence-corrected chi connectivity index (χ3v) is 1.15. The molecule has 3 heteroatoms. The van der Waals surface area contributed by atoms with E-state index in [1.807, 2.05) is 0 Å². The van der Waals surface area contributed by atoms with Crippen molar-refractivity contribution in [2.24, 2.45) is 0 Å². The smallest absolute Gasteiger partial charge is 0 e. The molecule has 10 heavy (non-hydrogen) atoms. The van der Waals surface area contributed by atoms with Gasteiger partial charge >= 0.3 is 0 Å². The maximum atomic E-state index is 3.21. The Labute approximate surface area is 79.2 Å². The van der Waals surface area contributed by atoms with Gasteiger partial charge in [-0.2, -0.15) is 6.08 Å². The van der Waals surface area contributed by atoms with Gasteiger partial charge in [-0.15, -0.1) is 6.42 Å². The minimum Gasteiger partial charge on any atom is -0.270 e. The molecule has 0 aromatic carbocycles. The molecule has 0 N–H and O–H groups in total. The Balaban J connectivity index is -0.000000163. The summed E-state index contributed by atoms with van der Waals surface area (Å²) in [4.78, 5) is 0. The summed E-state index contributed by atoms with van der Waals surface area (Å²) in [6.45, 7) is 2.15. The molecule has 0 amide bonds. The second-order valence-electron chi connectivity index (χ2n) is 1.66. The first-order valence-electron chi connectivity index (χ1n) is 2.69. The van der Waals surface area contributed by atoms with Crippen LogP contribution in [0, 0.1) is 6.08 Å². The molecule has 0 spiro atoms. The van der Waals surface area contributed by atoms with Crippen LogP contribution in [0.25, 0.3) is 0 Å². The Morgan fingerprint density at radius 1 is 1.50 bits per heavy atom. The maximum Gasteiger partial charge on any atom is 0 e. The van der Waals surface area contributed by atoms with Crippen LogP contribution in [0.3, 0.4) is 0 Å². The molecule has 1 rings (SSSR count). The molecule has 1 aliphatic carbocycles. The number of rotatable bonds is 1. The van der Waals surface area contributed by atoms with Crippen molar-refractivity contribution in [1.29, 1.82) is 0 Å². The Hall–Kier alpha value is 0.223. The van der Waals surface area contributed by atoms with Gasteiger partial charge in [0.05, 0.1) is 0 Å². The van der Waals surface area contributed by atoms with Crippen LogP contribution in [0.1, 0.15) is 19.8 Å². The summed E-state index contributed by atoms with van der Waals surface area (Å²) in [6.07, 6.45) is 9.65. The molecule has 0 fully saturated rings. The molecule has 0 atom stereocenters. The van der Waals surface area contributed by atoms with Crippen LogP contribution in [0.15, 0.2) is 17.7 Å². The van der Waals surface area contributed by atoms with Crippen molar-refractivity contribution in [3.63, 3.8) is 0 Å². The van der Waals surface area contributed by atoms with Crippen molar-refractivity contribution in [3.8, 4) is 0 Å². The molecular weight excluding hydrogens is 213 g/mol. The molecule has 1 aliphatic rings. The van der Waals surface area contributed by atoms with Gasteiger partial charge in [0, 0.05) is 26.2 Å². The zero-order chi connectivity index (χ0) is 5.11. The average molecular weight is 224 g/mol. The van der Waals surface area contributed by atoms with Crippen molar-refractivity contribution in [1.82, 2.24) is 0 Å². The summed E-state index contributed by atoms with van der Waals surface area (Å²) in [5.41, 5.74) is 1.36. The van der Waals surface area contributed by atoms with Gasteiger partial charge in [-0.05, 0) is 0 Å². The first kappa shape index (κ1) is 16.7. The zero-order valence-electron chi connectivity index (χ0n) is 5.89. The van der Waals surface area contributed by atoms with Gasteiger partial charge in [0.2, 0.25) is 0 Å². The van der Waals surface area contributed by atoms with Crippen LogP contribution in [0.5, 0.6) is 0 Å². The molecule has 0 nitrogen and oxygen atoms in total. The van der Waals surface area contributed by atoms with Crippen molar-refractivity contribution in [3.05, 3.63) is 23.8 Å². The van der Waals surface area contributed by atoms with E-state index >= 15 is 0 Å². The minimum atomic E-state index is 0. The van der Waals surface area contributed by atoms with Gasteiger partial charge < -0.3 is 0 Å². The van der Waals surface area contributed by atoms with Gasteiger partial charge in [0.25, 0.3) is 0 Å². The molecule has 58 valence electrons. The standard InChI is InChI=1S/C7H9.2FH.Zr/c1-2-7-5-3-4-6-7;;;/h3,5H,2,4H2,1H3;2*1H;/q-1;;;. The van der Waals surface area contributed by atoms with Crippen LogP contribution >= 0.6 is 0 Å². The fraction of sp³-hybridized carbons (Fsp3) is 0.429. The second kappa shape index (κ2) is 9.22. The van der Waals surface area contributed by atoms with E-state index in [2.05, 4.69) is 25.2 Å². The summed E-state index contributed by atoms with van der Waals surface area (Å²) >= 11 is 0. The third-order valence-electron chi connectivity index (χ3n) is 1.15. The first-order valence-corrected chi connectivity index (χ1v) is 2.69. The zero-order valence-corrected chi connectivity index (χ0v) is 8.34. The fourth-order valence-corrected chi connectivity index (χ4v) is 0.693. The van der Waals surface area contributed by atoms with Gasteiger partial charge in [0.1, 0.15) is 0 Å². The topological polar surface area (TPSA) is 0 Å². The minimum absolute atomic E-state index is 0. The van der Waals surface area contributed by atoms with E-state index in [1.165, 1.54) is 5.57 Å². The van der Waals surface area contributed by atoms with Gasteiger partial charge in [0.15, 0.2) is 0 Å². The summed E-state index contributed by atoms with van der Waals surface area (Å²) in [7, 11) is 0. The number of hydrogen-bond donors (Lipinski definition) is 0. The van der Waals surface area contributed by atoms with Crippen molar-refractivity contribution in [2.75, 3.05) is 0 Å². The second-order valence-corrected chi connectivity index (χ2v) is 1.66. The Kier molecular flexibility index (Phi) is 15.4. The summed E-state index contributed by atoms with van der Waals surface area (Å²) in [5, 5.41) is 0. The Morgan fingerprint density at radius 3 is 2.30 bits per heavy atom. The third kappa shape index (κ3) is 5.04. The number of halogens is 2. The van der Waals surface area contributed by atoms with Crippen LogP contribution in [0.4, 0.5) is 9.41 Å². The van der Waals surface area contributed by atoms with Crippen LogP contribution in [-0.4, -0.2) is 0 Å². The number of allylic oxidation sites excluding steroid dienone is 4. The molecule has 0 saturated carbocycles. The van der Waals surface area contributed by atoms with Gasteiger partial charge in [-0.25, -0.2) is 11.6 Å². The van der Waals surface area contributed by atoms with E-state index < -0.39 is 0 Å². The molecule has 0 saturated heterocycles. The van der Waals surface area contributed by atoms with E-state index in [0.29, 0.717) is 0 Å². The van der Waals surface area contributed by atoms with Crippen molar-refractivity contribution in [2.45, 2.75) is 19.8 Å². The molecule has 0 heterocycles. The summed E-state index contributed by atoms with van der Waals surface area (Å²) in [5.74, 6) is 0. The predicted octanol–water partition coefficient (Wildman–Crippen LogP) is 2.39. The van der Waals surface area contributed by atoms with E-state index in [1.54, 1.807) is 0 Å². The Morgan fingerprint density at radius 2 is 2.10 bits per heavy atom. The Bertz CT molecular complexity index is 119. The monoisotopic (exact) mass is 223 g/mol. The molecular formula is C7H11F2Zr-. The van der Waals surface area contributed by atoms with Crippen LogP contribution in [-0.2, 0) is 26.2 Å². The summed E-state index contributed by atoms with van der Waals surface area (Å²) in [6, 6.07) is 0. The van der Waals surface area contributed by atoms with Crippen LogP contribution in [0.2, 0.25) is 0 Å². The van der Waals surface area contributed by atoms with Crippen molar-refractivity contribution < 1.29 is 35.6 Å². The molecule has 0 bridgehead atoms. The van der Waals surface area contributed by atoms with Gasteiger partial charge in [-0.1, -0.05) is 13.3 Å². The molecule has 0 aromatic heterocycles. The SMILES string of the molecule is CCC1=[C-]CC=C1.F.F.[Zr]. The quantitative estimate of drug-likeness (QED) is 0.600. The normalized spacial score (nSPS) is 12.3. The largest absolute Gasteiger partial charge is 0.270 e. The predicted molar refractivity (Wildman–Crippen MR) is 35.8 cm³/mol. The molecule has 0 aromatic rings. The molecule has 0 aliphatic heterocycles. The molecule has 0 unspecified atom stereocenters. The van der Waals surface area contributed by atoms with E-state index in [9.17, 15) is 0 Å². The average Bonchev–Trinajstić information content (AvgIpc) is 2.14. The number of hydrogen-bond acceptors (Lipinski definition) is 0. The fourth-order valence-electron chi connectivity index (χ4n) is 0.693. The van der Waals surface area contributed by atoms with Crippen molar-refractivity contribution >= 4 is 0 Å².